The Labute approximate surface area is 656 Å². The van der Waals surface area contributed by atoms with Gasteiger partial charge in [-0.25, -0.2) is 0 Å². The molecule has 0 saturated heterocycles. The molecule has 0 N–H and O–H groups in total. The summed E-state index contributed by atoms with van der Waals surface area (Å²) in [5, 5.41) is 14.9. The SMILES string of the molecule is c1ccc(-c2ccc(N(c3ccc(-c4ccc5c(c4)oc4ccccc45)cc3)c3ccc(-c4ccc5c(c4)c4cccc6c7ccccc7n5c64)cc3)cc2)cc1.c1ccc(-c2ccc(N(c3ccc(-c4ccc5oc6ccccc6c5c4)cc3)c3ccc(-c4ccc5c(c4)c4cccc6c7ccccc7n5c64)cc3)cc2)cc1. The van der Waals surface area contributed by atoms with Crippen molar-refractivity contribution in [3.05, 3.63) is 413 Å². The normalized spacial score (nSPS) is 11.9. The average Bonchev–Trinajstić information content (AvgIpc) is 1.55. The van der Waals surface area contributed by atoms with Gasteiger partial charge >= 0.3 is 0 Å². The minimum absolute atomic E-state index is 0.904. The summed E-state index contributed by atoms with van der Waals surface area (Å²) >= 11 is 0. The molecule has 6 heterocycles. The number of rotatable bonds is 12. The van der Waals surface area contributed by atoms with Crippen LogP contribution in [0.1, 0.15) is 0 Å². The van der Waals surface area contributed by atoms with Gasteiger partial charge in [-0.1, -0.05) is 267 Å². The number of furan rings is 2. The van der Waals surface area contributed by atoms with Crippen LogP contribution >= 0.6 is 0 Å². The third kappa shape index (κ3) is 10.6. The topological polar surface area (TPSA) is 41.6 Å². The average molecular weight is 1450 g/mol. The Bertz CT molecular complexity index is 7790. The number of aromatic nitrogens is 2. The third-order valence-electron chi connectivity index (χ3n) is 23.5. The highest BCUT2D eigenvalue weighted by atomic mass is 16.3. The molecule has 24 aromatic rings. The number of benzene rings is 18. The molecule has 0 radical (unpaired) electrons. The Morgan fingerprint density at radius 3 is 0.816 bits per heavy atom. The van der Waals surface area contributed by atoms with E-state index in [9.17, 15) is 0 Å². The quantitative estimate of drug-likeness (QED) is 0.122. The molecular weight excluding hydrogens is 1390 g/mol. The van der Waals surface area contributed by atoms with Crippen LogP contribution in [0, 0.1) is 0 Å². The van der Waals surface area contributed by atoms with Gasteiger partial charge in [-0.15, -0.1) is 0 Å². The van der Waals surface area contributed by atoms with E-state index in [1.54, 1.807) is 0 Å². The molecule has 0 amide bonds. The molecular formula is C108H68N4O2. The van der Waals surface area contributed by atoms with E-state index < -0.39 is 0 Å². The van der Waals surface area contributed by atoms with Crippen molar-refractivity contribution in [2.45, 2.75) is 0 Å². The Balaban J connectivity index is 0.000000135. The van der Waals surface area contributed by atoms with Crippen LogP contribution in [-0.2, 0) is 0 Å². The minimum atomic E-state index is 0.904. The summed E-state index contributed by atoms with van der Waals surface area (Å²) in [6.45, 7) is 0. The highest BCUT2D eigenvalue weighted by Gasteiger charge is 2.23. The van der Waals surface area contributed by atoms with Crippen LogP contribution in [0.2, 0.25) is 0 Å². The standard InChI is InChI=1S/2C54H34N2O/c1-2-9-35(10-3-1)36-17-25-41(26-18-36)55(43-29-21-38(22-30-43)40-23-31-46-45-12-5-7-16-52(45)57-53(46)34-40)42-27-19-37(20-28-42)39-24-32-51-49(33-39)48-14-8-13-47-44-11-4-6-15-50(44)56(51)54(47)48;1-2-9-35(10-3-1)36-17-25-41(26-18-36)55(43-29-21-38(22-30-43)40-24-32-53-49(34-40)45-12-5-7-16-52(45)57-53)42-27-19-37(20-28-42)39-23-31-51-48(33-39)47-14-8-13-46-44-11-4-6-15-50(44)56(51)54(46)47/h2*1-34H. The Morgan fingerprint density at radius 2 is 0.404 bits per heavy atom. The van der Waals surface area contributed by atoms with Crippen molar-refractivity contribution in [1.82, 2.24) is 8.80 Å². The van der Waals surface area contributed by atoms with Crippen molar-refractivity contribution in [3.8, 4) is 66.8 Å². The van der Waals surface area contributed by atoms with Crippen molar-refractivity contribution in [3.63, 3.8) is 0 Å². The zero-order chi connectivity index (χ0) is 74.9. The lowest BCUT2D eigenvalue weighted by Crippen LogP contribution is -2.09. The smallest absolute Gasteiger partial charge is 0.136 e. The predicted molar refractivity (Wildman–Crippen MR) is 479 cm³/mol. The van der Waals surface area contributed by atoms with Gasteiger partial charge in [0.2, 0.25) is 0 Å². The maximum Gasteiger partial charge on any atom is 0.136 e. The fraction of sp³-hybridized carbons (Fsp3) is 0. The summed E-state index contributed by atoms with van der Waals surface area (Å²) in [4.78, 5) is 4.68. The predicted octanol–water partition coefficient (Wildman–Crippen LogP) is 30.4. The summed E-state index contributed by atoms with van der Waals surface area (Å²) in [5.41, 5.74) is 32.0. The third-order valence-corrected chi connectivity index (χ3v) is 23.5. The van der Waals surface area contributed by atoms with E-state index in [1.165, 1.54) is 121 Å². The Kier molecular flexibility index (Phi) is 14.9. The van der Waals surface area contributed by atoms with Gasteiger partial charge in [0.05, 0.1) is 33.1 Å². The van der Waals surface area contributed by atoms with E-state index in [-0.39, 0.29) is 0 Å². The second kappa shape index (κ2) is 26.2. The highest BCUT2D eigenvalue weighted by Crippen LogP contribution is 2.46. The molecule has 0 aliphatic rings. The molecule has 0 aliphatic carbocycles. The van der Waals surface area contributed by atoms with Gasteiger partial charge < -0.3 is 27.4 Å². The van der Waals surface area contributed by atoms with Crippen molar-refractivity contribution in [2.75, 3.05) is 9.80 Å². The second-order valence-electron chi connectivity index (χ2n) is 29.9. The van der Waals surface area contributed by atoms with Crippen molar-refractivity contribution in [2.24, 2.45) is 0 Å². The molecule has 0 atom stereocenters. The first kappa shape index (κ1) is 64.7. The molecule has 0 unspecified atom stereocenters. The van der Waals surface area contributed by atoms with Crippen LogP contribution in [0.4, 0.5) is 34.1 Å². The van der Waals surface area contributed by atoms with Crippen molar-refractivity contribution < 1.29 is 8.83 Å². The van der Waals surface area contributed by atoms with Gasteiger partial charge in [-0.05, 0) is 212 Å². The molecule has 18 aromatic carbocycles. The summed E-state index contributed by atoms with van der Waals surface area (Å²) in [6.07, 6.45) is 0. The molecule has 6 heteroatoms. The summed E-state index contributed by atoms with van der Waals surface area (Å²) in [6, 6.07) is 149. The monoisotopic (exact) mass is 1450 g/mol. The van der Waals surface area contributed by atoms with Crippen molar-refractivity contribution >= 4 is 154 Å². The molecule has 0 aliphatic heterocycles. The fourth-order valence-corrected chi connectivity index (χ4v) is 18.0. The zero-order valence-corrected chi connectivity index (χ0v) is 61.9. The van der Waals surface area contributed by atoms with Crippen LogP contribution in [0.25, 0.3) is 187 Å². The lowest BCUT2D eigenvalue weighted by atomic mass is 10.0. The van der Waals surface area contributed by atoms with Gasteiger partial charge in [0, 0.05) is 98.8 Å². The lowest BCUT2D eigenvalue weighted by Gasteiger charge is -2.26. The van der Waals surface area contributed by atoms with Crippen LogP contribution in [0.3, 0.4) is 0 Å². The van der Waals surface area contributed by atoms with E-state index in [4.69, 9.17) is 8.83 Å². The number of fused-ring (bicyclic) bond motifs is 18. The fourth-order valence-electron chi connectivity index (χ4n) is 18.0. The van der Waals surface area contributed by atoms with Gasteiger partial charge in [0.1, 0.15) is 22.3 Å². The number of hydrogen-bond acceptors (Lipinski definition) is 4. The number of anilines is 6. The van der Waals surface area contributed by atoms with E-state index in [2.05, 4.69) is 407 Å². The van der Waals surface area contributed by atoms with Gasteiger partial charge in [0.25, 0.3) is 0 Å². The summed E-state index contributed by atoms with van der Waals surface area (Å²) in [7, 11) is 0. The summed E-state index contributed by atoms with van der Waals surface area (Å²) in [5.74, 6) is 0. The first-order chi connectivity index (χ1) is 56.5. The van der Waals surface area contributed by atoms with Crippen LogP contribution < -0.4 is 9.80 Å². The molecule has 6 nitrogen and oxygen atoms in total. The molecule has 6 aromatic heterocycles. The number of para-hydroxylation sites is 6. The maximum atomic E-state index is 6.23. The van der Waals surface area contributed by atoms with Crippen molar-refractivity contribution in [1.29, 1.82) is 0 Å². The molecule has 0 fully saturated rings. The molecule has 532 valence electrons. The number of nitrogens with zero attached hydrogens (tertiary/aromatic N) is 4. The zero-order valence-electron chi connectivity index (χ0n) is 61.9. The van der Waals surface area contributed by atoms with Crippen LogP contribution in [0.5, 0.6) is 0 Å². The molecule has 0 bridgehead atoms. The largest absolute Gasteiger partial charge is 0.456 e. The van der Waals surface area contributed by atoms with Crippen LogP contribution in [0.15, 0.2) is 421 Å². The second-order valence-corrected chi connectivity index (χ2v) is 29.9. The maximum absolute atomic E-state index is 6.23. The lowest BCUT2D eigenvalue weighted by molar-refractivity contribution is 0.668. The van der Waals surface area contributed by atoms with Gasteiger partial charge in [-0.2, -0.15) is 0 Å². The Hall–Kier alpha value is -15.2. The van der Waals surface area contributed by atoms with Gasteiger partial charge in [0.15, 0.2) is 0 Å². The first-order valence-electron chi connectivity index (χ1n) is 39.0. The minimum Gasteiger partial charge on any atom is -0.456 e. The highest BCUT2D eigenvalue weighted by molar-refractivity contribution is 6.25. The molecule has 24 rings (SSSR count). The van der Waals surface area contributed by atoms with E-state index in [1.807, 2.05) is 24.3 Å². The Morgan fingerprint density at radius 1 is 0.149 bits per heavy atom. The summed E-state index contributed by atoms with van der Waals surface area (Å²) < 4.78 is 17.2. The van der Waals surface area contributed by atoms with E-state index in [0.29, 0.717) is 0 Å². The molecule has 0 saturated carbocycles. The first-order valence-corrected chi connectivity index (χ1v) is 39.0. The van der Waals surface area contributed by atoms with E-state index >= 15 is 0 Å². The van der Waals surface area contributed by atoms with Gasteiger partial charge in [-0.3, -0.25) is 0 Å². The number of hydrogen-bond donors (Lipinski definition) is 0. The van der Waals surface area contributed by atoms with Crippen LogP contribution in [-0.4, -0.2) is 8.80 Å². The molecule has 114 heavy (non-hydrogen) atoms. The molecule has 0 spiro atoms. The van der Waals surface area contributed by atoms with E-state index in [0.717, 1.165) is 100 Å².